The van der Waals surface area contributed by atoms with Gasteiger partial charge in [-0.3, -0.25) is 9.59 Å². The summed E-state index contributed by atoms with van der Waals surface area (Å²) in [6.45, 7) is 1.09. The van der Waals surface area contributed by atoms with Crippen molar-refractivity contribution < 1.29 is 31.2 Å². The van der Waals surface area contributed by atoms with Crippen molar-refractivity contribution in [1.82, 2.24) is 4.72 Å². The van der Waals surface area contributed by atoms with Gasteiger partial charge in [0.2, 0.25) is 15.9 Å². The highest BCUT2D eigenvalue weighted by atomic mass is 32.2. The Labute approximate surface area is 181 Å². The highest BCUT2D eigenvalue weighted by Gasteiger charge is 2.16. The molecule has 9 nitrogen and oxygen atoms in total. The highest BCUT2D eigenvalue weighted by Crippen LogP contribution is 2.14. The van der Waals surface area contributed by atoms with E-state index in [0.717, 1.165) is 0 Å². The number of hydrogen-bond acceptors (Lipinski definition) is 7. The van der Waals surface area contributed by atoms with Crippen LogP contribution in [0.15, 0.2) is 64.4 Å². The van der Waals surface area contributed by atoms with Crippen molar-refractivity contribution in [3.63, 3.8) is 0 Å². The van der Waals surface area contributed by atoms with Gasteiger partial charge in [0.15, 0.2) is 9.84 Å². The second-order valence-corrected chi connectivity index (χ2v) is 10.4. The van der Waals surface area contributed by atoms with Crippen LogP contribution in [0, 0.1) is 0 Å². The van der Waals surface area contributed by atoms with Crippen molar-refractivity contribution in [3.05, 3.63) is 54.6 Å². The van der Waals surface area contributed by atoms with Crippen LogP contribution in [-0.2, 0) is 34.2 Å². The topological polar surface area (TPSA) is 136 Å². The lowest BCUT2D eigenvalue weighted by Crippen LogP contribution is -2.27. The van der Waals surface area contributed by atoms with Gasteiger partial charge in [-0.1, -0.05) is 18.2 Å². The minimum Gasteiger partial charge on any atom is -0.466 e. The summed E-state index contributed by atoms with van der Waals surface area (Å²) in [7, 11) is -7.27. The zero-order chi connectivity index (χ0) is 22.9. The molecule has 0 aromatic heterocycles. The molecule has 0 aliphatic heterocycles. The monoisotopic (exact) mass is 468 g/mol. The number of rotatable bonds is 11. The Hall–Kier alpha value is -2.76. The Kier molecular flexibility index (Phi) is 8.72. The van der Waals surface area contributed by atoms with Gasteiger partial charge in [0.1, 0.15) is 0 Å². The minimum atomic E-state index is -3.83. The molecule has 0 saturated heterocycles. The fourth-order valence-electron chi connectivity index (χ4n) is 2.54. The summed E-state index contributed by atoms with van der Waals surface area (Å²) in [6.07, 6.45) is -0.0655. The van der Waals surface area contributed by atoms with Crippen LogP contribution in [0.25, 0.3) is 0 Å². The molecular formula is C20H24N2O7S2. The second-order valence-electron chi connectivity index (χ2n) is 6.56. The lowest BCUT2D eigenvalue weighted by molar-refractivity contribution is -0.143. The van der Waals surface area contributed by atoms with Gasteiger partial charge in [-0.25, -0.2) is 21.6 Å². The summed E-state index contributed by atoms with van der Waals surface area (Å²) >= 11 is 0. The predicted octanol–water partition coefficient (Wildman–Crippen LogP) is 1.72. The first kappa shape index (κ1) is 24.5. The molecule has 0 aliphatic rings. The third-order valence-corrected chi connectivity index (χ3v) is 7.32. The molecule has 31 heavy (non-hydrogen) atoms. The van der Waals surface area contributed by atoms with Crippen LogP contribution in [0.5, 0.6) is 0 Å². The Morgan fingerprint density at radius 1 is 0.903 bits per heavy atom. The van der Waals surface area contributed by atoms with Crippen molar-refractivity contribution in [2.75, 3.05) is 24.2 Å². The Morgan fingerprint density at radius 3 is 2.16 bits per heavy atom. The summed E-state index contributed by atoms with van der Waals surface area (Å²) in [5.41, 5.74) is 0.462. The largest absolute Gasteiger partial charge is 0.466 e. The zero-order valence-corrected chi connectivity index (χ0v) is 18.5. The van der Waals surface area contributed by atoms with Crippen LogP contribution >= 0.6 is 0 Å². The van der Waals surface area contributed by atoms with Gasteiger partial charge in [0.05, 0.1) is 28.6 Å². The van der Waals surface area contributed by atoms with Crippen LogP contribution in [0.2, 0.25) is 0 Å². The van der Waals surface area contributed by atoms with Crippen molar-refractivity contribution >= 4 is 37.4 Å². The number of esters is 1. The van der Waals surface area contributed by atoms with Crippen LogP contribution < -0.4 is 10.0 Å². The standard InChI is InChI=1S/C20H24N2O7S2/c1-16(23)22-17-8-10-19(11-9-17)31(27,28)21-13-12-20(24)29-14-5-15-30(25,26)18-6-3-2-4-7-18/h2-4,6-11,21H,5,12-15H2,1H3,(H,22,23). The van der Waals surface area contributed by atoms with Gasteiger partial charge in [-0.2, -0.15) is 0 Å². The van der Waals surface area contributed by atoms with Crippen molar-refractivity contribution in [1.29, 1.82) is 0 Å². The molecule has 0 fully saturated rings. The summed E-state index contributed by atoms with van der Waals surface area (Å²) in [5, 5.41) is 2.53. The van der Waals surface area contributed by atoms with E-state index in [0.29, 0.717) is 5.69 Å². The van der Waals surface area contributed by atoms with Gasteiger partial charge in [0, 0.05) is 19.2 Å². The van der Waals surface area contributed by atoms with E-state index in [9.17, 15) is 26.4 Å². The Balaban J connectivity index is 1.72. The fraction of sp³-hybridized carbons (Fsp3) is 0.300. The minimum absolute atomic E-state index is 0.0129. The Bertz CT molecular complexity index is 1100. The highest BCUT2D eigenvalue weighted by molar-refractivity contribution is 7.91. The van der Waals surface area contributed by atoms with Gasteiger partial charge >= 0.3 is 5.97 Å². The number of carbonyl (C=O) groups excluding carboxylic acids is 2. The third-order valence-electron chi connectivity index (χ3n) is 4.03. The molecule has 0 atom stereocenters. The van der Waals surface area contributed by atoms with E-state index in [1.54, 1.807) is 18.2 Å². The number of amides is 1. The zero-order valence-electron chi connectivity index (χ0n) is 16.9. The average Bonchev–Trinajstić information content (AvgIpc) is 2.72. The van der Waals surface area contributed by atoms with Gasteiger partial charge in [0.25, 0.3) is 0 Å². The molecule has 2 N–H and O–H groups in total. The molecule has 0 saturated carbocycles. The quantitative estimate of drug-likeness (QED) is 0.378. The summed E-state index contributed by atoms with van der Waals surface area (Å²) < 4.78 is 56.0. The van der Waals surface area contributed by atoms with E-state index in [4.69, 9.17) is 4.74 Å². The summed E-state index contributed by atoms with van der Waals surface area (Å²) in [5.74, 6) is -1.07. The first-order chi connectivity index (χ1) is 14.6. The van der Waals surface area contributed by atoms with E-state index in [1.807, 2.05) is 0 Å². The molecule has 2 aromatic carbocycles. The maximum Gasteiger partial charge on any atom is 0.307 e. The average molecular weight is 469 g/mol. The van der Waals surface area contributed by atoms with Crippen molar-refractivity contribution in [3.8, 4) is 0 Å². The van der Waals surface area contributed by atoms with Crippen LogP contribution in [-0.4, -0.2) is 47.6 Å². The fourth-order valence-corrected chi connectivity index (χ4v) is 4.88. The van der Waals surface area contributed by atoms with Gasteiger partial charge < -0.3 is 10.1 Å². The number of hydrogen-bond donors (Lipinski definition) is 2. The summed E-state index contributed by atoms with van der Waals surface area (Å²) in [6, 6.07) is 13.5. The number of carbonyl (C=O) groups is 2. The molecule has 2 rings (SSSR count). The molecule has 0 bridgehead atoms. The lowest BCUT2D eigenvalue weighted by Gasteiger charge is -2.09. The molecule has 0 aliphatic carbocycles. The SMILES string of the molecule is CC(=O)Nc1ccc(S(=O)(=O)NCCC(=O)OCCCS(=O)(=O)c2ccccc2)cc1. The maximum absolute atomic E-state index is 12.2. The normalized spacial score (nSPS) is 11.6. The molecule has 0 spiro atoms. The molecule has 2 aromatic rings. The molecular weight excluding hydrogens is 444 g/mol. The van der Waals surface area contributed by atoms with E-state index >= 15 is 0 Å². The van der Waals surface area contributed by atoms with E-state index < -0.39 is 25.8 Å². The van der Waals surface area contributed by atoms with Gasteiger partial charge in [-0.15, -0.1) is 0 Å². The molecule has 168 valence electrons. The van der Waals surface area contributed by atoms with Gasteiger partial charge in [-0.05, 0) is 42.8 Å². The van der Waals surface area contributed by atoms with Crippen molar-refractivity contribution in [2.45, 2.75) is 29.6 Å². The van der Waals surface area contributed by atoms with E-state index in [-0.39, 0.29) is 47.4 Å². The smallest absolute Gasteiger partial charge is 0.307 e. The third kappa shape index (κ3) is 8.12. The number of ether oxygens (including phenoxy) is 1. The predicted molar refractivity (Wildman–Crippen MR) is 115 cm³/mol. The molecule has 0 radical (unpaired) electrons. The summed E-state index contributed by atoms with van der Waals surface area (Å²) in [4.78, 5) is 22.9. The lowest BCUT2D eigenvalue weighted by atomic mass is 10.3. The number of benzene rings is 2. The number of anilines is 1. The second kappa shape index (κ2) is 11.0. The number of sulfone groups is 1. The number of nitrogens with one attached hydrogen (secondary N) is 2. The molecule has 0 unspecified atom stereocenters. The van der Waals surface area contributed by atoms with Crippen LogP contribution in [0.1, 0.15) is 19.8 Å². The molecule has 0 heterocycles. The van der Waals surface area contributed by atoms with Crippen LogP contribution in [0.4, 0.5) is 5.69 Å². The molecule has 1 amide bonds. The van der Waals surface area contributed by atoms with E-state index in [2.05, 4.69) is 10.0 Å². The van der Waals surface area contributed by atoms with Crippen LogP contribution in [0.3, 0.4) is 0 Å². The Morgan fingerprint density at radius 2 is 1.55 bits per heavy atom. The molecule has 11 heteroatoms. The van der Waals surface area contributed by atoms with Crippen molar-refractivity contribution in [2.24, 2.45) is 0 Å². The number of sulfonamides is 1. The maximum atomic E-state index is 12.2. The first-order valence-electron chi connectivity index (χ1n) is 9.41. The van der Waals surface area contributed by atoms with E-state index in [1.165, 1.54) is 43.3 Å². The first-order valence-corrected chi connectivity index (χ1v) is 12.5.